The minimum atomic E-state index is -0.477. The molecule has 4 rings (SSSR count). The summed E-state index contributed by atoms with van der Waals surface area (Å²) in [6, 6.07) is 11.6. The van der Waals surface area contributed by atoms with Crippen LogP contribution in [0.25, 0.3) is 0 Å². The summed E-state index contributed by atoms with van der Waals surface area (Å²) in [7, 11) is 3.11. The Morgan fingerprint density at radius 2 is 1.97 bits per heavy atom. The molecule has 32 heavy (non-hydrogen) atoms. The van der Waals surface area contributed by atoms with E-state index >= 15 is 0 Å². The molecule has 0 spiro atoms. The molecule has 7 nitrogen and oxygen atoms in total. The van der Waals surface area contributed by atoms with Crippen LogP contribution < -0.4 is 10.2 Å². The third-order valence-corrected chi connectivity index (χ3v) is 6.47. The van der Waals surface area contributed by atoms with Crippen LogP contribution in [0.4, 0.5) is 17.2 Å². The van der Waals surface area contributed by atoms with Crippen LogP contribution in [0.2, 0.25) is 0 Å². The first kappa shape index (κ1) is 22.3. The number of aromatic nitrogens is 1. The number of anilines is 3. The van der Waals surface area contributed by atoms with E-state index in [-0.39, 0.29) is 11.6 Å². The van der Waals surface area contributed by atoms with Gasteiger partial charge in [-0.15, -0.1) is 0 Å². The number of hydrogen-bond acceptors (Lipinski definition) is 7. The van der Waals surface area contributed by atoms with Crippen LogP contribution in [-0.2, 0) is 9.47 Å². The average molecular weight is 437 g/mol. The molecule has 1 aromatic carbocycles. The topological polar surface area (TPSA) is 87.5 Å². The fraction of sp³-hybridized carbons (Fsp3) is 0.480. The number of pyridine rings is 1. The third-order valence-electron chi connectivity index (χ3n) is 6.47. The second kappa shape index (κ2) is 10.1. The highest BCUT2D eigenvalue weighted by atomic mass is 16.5. The fourth-order valence-electron chi connectivity index (χ4n) is 4.56. The highest BCUT2D eigenvalue weighted by molar-refractivity contribution is 6.10. The molecule has 7 heteroatoms. The van der Waals surface area contributed by atoms with E-state index in [0.717, 1.165) is 62.1 Å². The number of benzene rings is 1. The second-order valence-corrected chi connectivity index (χ2v) is 8.68. The van der Waals surface area contributed by atoms with Crippen molar-refractivity contribution in [1.82, 2.24) is 4.98 Å². The number of hydrogen-bond donors (Lipinski definition) is 2. The molecule has 1 aromatic heterocycles. The molecule has 1 unspecified atom stereocenters. The number of ether oxygens (including phenoxy) is 2. The van der Waals surface area contributed by atoms with Crippen LogP contribution in [0.15, 0.2) is 36.4 Å². The van der Waals surface area contributed by atoms with Gasteiger partial charge in [-0.3, -0.25) is 0 Å². The van der Waals surface area contributed by atoms with E-state index in [1.807, 2.05) is 30.3 Å². The first-order valence-corrected chi connectivity index (χ1v) is 11.4. The van der Waals surface area contributed by atoms with Gasteiger partial charge in [0.05, 0.1) is 25.0 Å². The summed E-state index contributed by atoms with van der Waals surface area (Å²) in [6.07, 6.45) is 5.35. The van der Waals surface area contributed by atoms with Crippen molar-refractivity contribution in [3.8, 4) is 0 Å². The Morgan fingerprint density at radius 1 is 1.19 bits per heavy atom. The number of nitrogens with zero attached hydrogens (tertiary/aromatic N) is 2. The van der Waals surface area contributed by atoms with Crippen molar-refractivity contribution >= 4 is 28.9 Å². The predicted molar refractivity (Wildman–Crippen MR) is 126 cm³/mol. The van der Waals surface area contributed by atoms with Gasteiger partial charge in [0.15, 0.2) is 5.69 Å². The highest BCUT2D eigenvalue weighted by Gasteiger charge is 2.32. The summed E-state index contributed by atoms with van der Waals surface area (Å²) in [6.45, 7) is 2.41. The molecule has 0 radical (unpaired) electrons. The maximum Gasteiger partial charge on any atom is 0.356 e. The summed E-state index contributed by atoms with van der Waals surface area (Å²) in [5.41, 5.74) is 3.40. The SMILES string of the molecule is COCC1CCCN(c2cc(C(=O)OC)nc(Nc3ccccc3)c2C(=N)C2CCC2)C1. The molecule has 1 saturated carbocycles. The maximum absolute atomic E-state index is 12.5. The van der Waals surface area contributed by atoms with Gasteiger partial charge in [0.25, 0.3) is 0 Å². The predicted octanol–water partition coefficient (Wildman–Crippen LogP) is 4.64. The number of para-hydroxylation sites is 1. The zero-order valence-corrected chi connectivity index (χ0v) is 18.9. The summed E-state index contributed by atoms with van der Waals surface area (Å²) >= 11 is 0. The number of methoxy groups -OCH3 is 2. The molecule has 2 aromatic rings. The van der Waals surface area contributed by atoms with Crippen molar-refractivity contribution < 1.29 is 14.3 Å². The lowest BCUT2D eigenvalue weighted by atomic mass is 9.79. The van der Waals surface area contributed by atoms with E-state index in [4.69, 9.17) is 14.9 Å². The summed E-state index contributed by atoms with van der Waals surface area (Å²) < 4.78 is 10.4. The van der Waals surface area contributed by atoms with E-state index in [2.05, 4.69) is 15.2 Å². The highest BCUT2D eigenvalue weighted by Crippen LogP contribution is 2.38. The summed E-state index contributed by atoms with van der Waals surface area (Å²) in [5.74, 6) is 0.713. The molecule has 1 aliphatic carbocycles. The van der Waals surface area contributed by atoms with Crippen LogP contribution in [0.1, 0.15) is 48.2 Å². The molecule has 1 atom stereocenters. The first-order valence-electron chi connectivity index (χ1n) is 11.4. The van der Waals surface area contributed by atoms with Gasteiger partial charge in [-0.05, 0) is 49.8 Å². The van der Waals surface area contributed by atoms with Crippen molar-refractivity contribution in [2.45, 2.75) is 32.1 Å². The van der Waals surface area contributed by atoms with Gasteiger partial charge in [-0.1, -0.05) is 24.6 Å². The Labute approximate surface area is 189 Å². The van der Waals surface area contributed by atoms with E-state index in [0.29, 0.717) is 24.1 Å². The molecule has 2 heterocycles. The zero-order valence-electron chi connectivity index (χ0n) is 18.9. The first-order chi connectivity index (χ1) is 15.6. The normalized spacial score (nSPS) is 18.7. The van der Waals surface area contributed by atoms with E-state index < -0.39 is 5.97 Å². The number of carbonyl (C=O) groups is 1. The molecule has 1 saturated heterocycles. The molecular formula is C25H32N4O3. The second-order valence-electron chi connectivity index (χ2n) is 8.68. The Morgan fingerprint density at radius 3 is 2.62 bits per heavy atom. The Bertz CT molecular complexity index is 957. The molecule has 0 amide bonds. The number of piperidine rings is 1. The quantitative estimate of drug-likeness (QED) is 0.463. The number of rotatable bonds is 8. The lowest BCUT2D eigenvalue weighted by Crippen LogP contribution is -2.39. The van der Waals surface area contributed by atoms with Crippen LogP contribution in [0.5, 0.6) is 0 Å². The van der Waals surface area contributed by atoms with Gasteiger partial charge in [0, 0.05) is 37.5 Å². The molecule has 0 bridgehead atoms. The molecule has 2 N–H and O–H groups in total. The zero-order chi connectivity index (χ0) is 22.5. The number of carbonyl (C=O) groups excluding carboxylic acids is 1. The monoisotopic (exact) mass is 436 g/mol. The van der Waals surface area contributed by atoms with Gasteiger partial charge in [-0.25, -0.2) is 9.78 Å². The van der Waals surface area contributed by atoms with Crippen molar-refractivity contribution in [2.24, 2.45) is 11.8 Å². The standard InChI is InChI=1S/C25H32N4O3/c1-31-16-17-8-7-13-29(15-17)21-14-20(25(30)32-2)28-24(27-19-11-4-3-5-12-19)22(21)23(26)18-9-6-10-18/h3-5,11-12,14,17-18,26H,6-10,13,15-16H2,1-2H3,(H,27,28). The molecule has 170 valence electrons. The van der Waals surface area contributed by atoms with Gasteiger partial charge >= 0.3 is 5.97 Å². The number of nitrogens with one attached hydrogen (secondary N) is 2. The Kier molecular flexibility index (Phi) is 7.05. The number of esters is 1. The average Bonchev–Trinajstić information content (AvgIpc) is 2.78. The Hall–Kier alpha value is -2.93. The van der Waals surface area contributed by atoms with Crippen molar-refractivity contribution in [1.29, 1.82) is 5.41 Å². The molecule has 1 aliphatic heterocycles. The lowest BCUT2D eigenvalue weighted by Gasteiger charge is -2.37. The lowest BCUT2D eigenvalue weighted by molar-refractivity contribution is 0.0594. The Balaban J connectivity index is 1.81. The van der Waals surface area contributed by atoms with Gasteiger partial charge in [-0.2, -0.15) is 0 Å². The molecule has 2 aliphatic rings. The van der Waals surface area contributed by atoms with Crippen LogP contribution >= 0.6 is 0 Å². The van der Waals surface area contributed by atoms with Gasteiger partial charge in [0.1, 0.15) is 5.82 Å². The maximum atomic E-state index is 12.5. The van der Waals surface area contributed by atoms with Crippen LogP contribution in [0.3, 0.4) is 0 Å². The third kappa shape index (κ3) is 4.78. The van der Waals surface area contributed by atoms with Crippen molar-refractivity contribution in [3.05, 3.63) is 47.7 Å². The van der Waals surface area contributed by atoms with E-state index in [9.17, 15) is 4.79 Å². The van der Waals surface area contributed by atoms with Gasteiger partial charge < -0.3 is 25.1 Å². The van der Waals surface area contributed by atoms with Crippen LogP contribution in [0, 0.1) is 17.2 Å². The molecule has 2 fully saturated rings. The van der Waals surface area contributed by atoms with E-state index in [1.165, 1.54) is 7.11 Å². The van der Waals surface area contributed by atoms with Crippen LogP contribution in [-0.4, -0.2) is 50.6 Å². The summed E-state index contributed by atoms with van der Waals surface area (Å²) in [5, 5.41) is 12.4. The molecular weight excluding hydrogens is 404 g/mol. The summed E-state index contributed by atoms with van der Waals surface area (Å²) in [4.78, 5) is 19.4. The smallest absolute Gasteiger partial charge is 0.356 e. The largest absolute Gasteiger partial charge is 0.464 e. The van der Waals surface area contributed by atoms with Crippen molar-refractivity contribution in [3.63, 3.8) is 0 Å². The van der Waals surface area contributed by atoms with Gasteiger partial charge in [0.2, 0.25) is 0 Å². The minimum absolute atomic E-state index is 0.232. The van der Waals surface area contributed by atoms with E-state index in [1.54, 1.807) is 13.2 Å². The van der Waals surface area contributed by atoms with Crippen molar-refractivity contribution in [2.75, 3.05) is 44.1 Å². The minimum Gasteiger partial charge on any atom is -0.464 e. The fourth-order valence-corrected chi connectivity index (χ4v) is 4.56.